The van der Waals surface area contributed by atoms with Crippen LogP contribution in [0.5, 0.6) is 0 Å². The number of terminal acetylenes is 1. The van der Waals surface area contributed by atoms with Gasteiger partial charge in [-0.05, 0) is 0 Å². The van der Waals surface area contributed by atoms with Gasteiger partial charge in [0.2, 0.25) is 8.03 Å². The Hall–Kier alpha value is -0.510. The summed E-state index contributed by atoms with van der Waals surface area (Å²) in [4.78, 5) is 0. The van der Waals surface area contributed by atoms with Crippen LogP contribution in [-0.2, 0) is 9.09 Å². The molecule has 0 spiro atoms. The molecule has 0 saturated carbocycles. The van der Waals surface area contributed by atoms with E-state index in [1.165, 1.54) is 0 Å². The molecule has 0 fully saturated rings. The molecule has 0 aromatic heterocycles. The largest absolute Gasteiger partial charge is 0.326 e. The molecule has 9 heavy (non-hydrogen) atoms. The maximum atomic E-state index is 10.6. The minimum absolute atomic E-state index is 0.221. The van der Waals surface area contributed by atoms with Crippen molar-refractivity contribution in [1.29, 1.82) is 0 Å². The molecule has 3 heteroatoms. The molecule has 50 valence electrons. The van der Waals surface area contributed by atoms with Gasteiger partial charge in [-0.1, -0.05) is 12.0 Å². The summed E-state index contributed by atoms with van der Waals surface area (Å²) in [6.45, 7) is 3.71. The Kier molecular flexibility index (Phi) is 5.30. The van der Waals surface area contributed by atoms with Crippen molar-refractivity contribution in [2.75, 3.05) is 12.8 Å². The molecule has 0 aromatic rings. The Labute approximate surface area is 55.8 Å². The lowest BCUT2D eigenvalue weighted by Gasteiger charge is -1.93. The molecule has 0 aliphatic heterocycles. The predicted molar refractivity (Wildman–Crippen MR) is 38.9 cm³/mol. The molecule has 0 N–H and O–H groups in total. The standard InChI is InChI=1S/C6H9O2P/c1-3-5-8-9(7)6-4-2/h2-3,9H,1,5-6H2. The summed E-state index contributed by atoms with van der Waals surface area (Å²) in [5.41, 5.74) is 0. The minimum atomic E-state index is -1.96. The average molecular weight is 144 g/mol. The van der Waals surface area contributed by atoms with Crippen LogP contribution in [0.1, 0.15) is 0 Å². The van der Waals surface area contributed by atoms with Crippen molar-refractivity contribution >= 4 is 8.03 Å². The quantitative estimate of drug-likeness (QED) is 0.337. The Morgan fingerprint density at radius 3 is 3.00 bits per heavy atom. The van der Waals surface area contributed by atoms with Gasteiger partial charge in [0.25, 0.3) is 0 Å². The average Bonchev–Trinajstić information content (AvgIpc) is 1.85. The summed E-state index contributed by atoms with van der Waals surface area (Å²) in [5.74, 6) is 2.25. The molecular formula is C6H9O2P. The molecule has 0 aliphatic rings. The Bertz CT molecular complexity index is 146. The highest BCUT2D eigenvalue weighted by molar-refractivity contribution is 7.39. The molecule has 0 heterocycles. The summed E-state index contributed by atoms with van der Waals surface area (Å²) < 4.78 is 15.3. The highest BCUT2D eigenvalue weighted by atomic mass is 31.1. The van der Waals surface area contributed by atoms with E-state index in [2.05, 4.69) is 12.5 Å². The van der Waals surface area contributed by atoms with Crippen molar-refractivity contribution in [3.63, 3.8) is 0 Å². The fourth-order valence-corrected chi connectivity index (χ4v) is 0.859. The minimum Gasteiger partial charge on any atom is -0.326 e. The molecule has 1 unspecified atom stereocenters. The summed E-state index contributed by atoms with van der Waals surface area (Å²) in [6, 6.07) is 0. The van der Waals surface area contributed by atoms with Crippen LogP contribution in [0, 0.1) is 12.3 Å². The number of hydrogen-bond donors (Lipinski definition) is 0. The van der Waals surface area contributed by atoms with E-state index >= 15 is 0 Å². The SMILES string of the molecule is C#CC[PH](=O)OCC=C. The first-order chi connectivity index (χ1) is 4.31. The smallest absolute Gasteiger partial charge is 0.203 e. The molecule has 0 radical (unpaired) electrons. The summed E-state index contributed by atoms with van der Waals surface area (Å²) in [7, 11) is -1.96. The third kappa shape index (κ3) is 5.36. The fourth-order valence-electron chi connectivity index (χ4n) is 0.286. The van der Waals surface area contributed by atoms with Crippen LogP contribution in [0.25, 0.3) is 0 Å². The number of rotatable bonds is 4. The van der Waals surface area contributed by atoms with E-state index in [0.717, 1.165) is 0 Å². The van der Waals surface area contributed by atoms with Crippen molar-refractivity contribution in [2.45, 2.75) is 0 Å². The number of hydrogen-bond acceptors (Lipinski definition) is 2. The second-order valence-electron chi connectivity index (χ2n) is 1.35. The van der Waals surface area contributed by atoms with E-state index in [0.29, 0.717) is 6.61 Å². The maximum Gasteiger partial charge on any atom is 0.203 e. The zero-order valence-electron chi connectivity index (χ0n) is 5.09. The van der Waals surface area contributed by atoms with Crippen LogP contribution in [-0.4, -0.2) is 12.8 Å². The molecular weight excluding hydrogens is 135 g/mol. The Morgan fingerprint density at radius 2 is 2.56 bits per heavy atom. The summed E-state index contributed by atoms with van der Waals surface area (Å²) in [5, 5.41) is 0. The molecule has 0 amide bonds. The molecule has 0 aromatic carbocycles. The van der Waals surface area contributed by atoms with Crippen molar-refractivity contribution < 1.29 is 9.09 Å². The van der Waals surface area contributed by atoms with E-state index < -0.39 is 8.03 Å². The van der Waals surface area contributed by atoms with Gasteiger partial charge in [0.05, 0.1) is 12.8 Å². The van der Waals surface area contributed by atoms with Crippen molar-refractivity contribution in [3.05, 3.63) is 12.7 Å². The highest BCUT2D eigenvalue weighted by Crippen LogP contribution is 2.19. The molecule has 0 saturated heterocycles. The first-order valence-electron chi connectivity index (χ1n) is 2.51. The molecule has 1 atom stereocenters. The normalized spacial score (nSPS) is 11.9. The van der Waals surface area contributed by atoms with Gasteiger partial charge in [0.1, 0.15) is 0 Å². The van der Waals surface area contributed by atoms with Gasteiger partial charge in [-0.15, -0.1) is 13.0 Å². The lowest BCUT2D eigenvalue weighted by Crippen LogP contribution is -1.80. The summed E-state index contributed by atoms with van der Waals surface area (Å²) in [6.07, 6.45) is 6.63. The topological polar surface area (TPSA) is 26.3 Å². The van der Waals surface area contributed by atoms with Gasteiger partial charge >= 0.3 is 0 Å². The van der Waals surface area contributed by atoms with E-state index in [-0.39, 0.29) is 6.16 Å². The van der Waals surface area contributed by atoms with E-state index in [1.807, 2.05) is 0 Å². The lowest BCUT2D eigenvalue weighted by atomic mass is 10.7. The molecule has 0 bridgehead atoms. The monoisotopic (exact) mass is 144 g/mol. The van der Waals surface area contributed by atoms with Crippen LogP contribution in [0.2, 0.25) is 0 Å². The third-order valence-corrected chi connectivity index (χ3v) is 1.59. The van der Waals surface area contributed by atoms with Crippen LogP contribution in [0.3, 0.4) is 0 Å². The molecule has 0 rings (SSSR count). The Balaban J connectivity index is 3.29. The fraction of sp³-hybridized carbons (Fsp3) is 0.333. The second-order valence-corrected chi connectivity index (χ2v) is 2.74. The van der Waals surface area contributed by atoms with Gasteiger partial charge in [-0.3, -0.25) is 4.57 Å². The van der Waals surface area contributed by atoms with Crippen LogP contribution < -0.4 is 0 Å². The van der Waals surface area contributed by atoms with Gasteiger partial charge < -0.3 is 4.52 Å². The third-order valence-electron chi connectivity index (χ3n) is 0.609. The van der Waals surface area contributed by atoms with E-state index in [4.69, 9.17) is 10.9 Å². The van der Waals surface area contributed by atoms with Gasteiger partial charge in [0, 0.05) is 0 Å². The van der Waals surface area contributed by atoms with Crippen LogP contribution in [0.4, 0.5) is 0 Å². The van der Waals surface area contributed by atoms with Crippen molar-refractivity contribution in [1.82, 2.24) is 0 Å². The zero-order valence-corrected chi connectivity index (χ0v) is 6.09. The summed E-state index contributed by atoms with van der Waals surface area (Å²) >= 11 is 0. The first-order valence-corrected chi connectivity index (χ1v) is 4.03. The van der Waals surface area contributed by atoms with Crippen molar-refractivity contribution in [2.24, 2.45) is 0 Å². The van der Waals surface area contributed by atoms with Crippen LogP contribution in [0.15, 0.2) is 12.7 Å². The Morgan fingerprint density at radius 1 is 1.89 bits per heavy atom. The molecule has 0 aliphatic carbocycles. The van der Waals surface area contributed by atoms with Gasteiger partial charge in [0.15, 0.2) is 0 Å². The highest BCUT2D eigenvalue weighted by Gasteiger charge is 1.91. The predicted octanol–water partition coefficient (Wildman–Crippen LogP) is 1.30. The zero-order chi connectivity index (χ0) is 7.11. The maximum absolute atomic E-state index is 10.6. The second kappa shape index (κ2) is 5.62. The lowest BCUT2D eigenvalue weighted by molar-refractivity contribution is 0.373. The van der Waals surface area contributed by atoms with E-state index in [1.54, 1.807) is 6.08 Å². The van der Waals surface area contributed by atoms with Crippen LogP contribution >= 0.6 is 8.03 Å². The molecule has 2 nitrogen and oxygen atoms in total. The first kappa shape index (κ1) is 8.49. The van der Waals surface area contributed by atoms with Crippen molar-refractivity contribution in [3.8, 4) is 12.3 Å². The van der Waals surface area contributed by atoms with Gasteiger partial charge in [-0.25, -0.2) is 0 Å². The van der Waals surface area contributed by atoms with E-state index in [9.17, 15) is 4.57 Å². The van der Waals surface area contributed by atoms with Gasteiger partial charge in [-0.2, -0.15) is 0 Å².